The largest absolute Gasteiger partial charge is 0.337 e. The van der Waals surface area contributed by atoms with Crippen LogP contribution < -0.4 is 0 Å². The first-order chi connectivity index (χ1) is 14.8. The quantitative estimate of drug-likeness (QED) is 0.445. The lowest BCUT2D eigenvalue weighted by Crippen LogP contribution is -2.06. The van der Waals surface area contributed by atoms with Crippen molar-refractivity contribution < 1.29 is 4.79 Å². The number of aromatic nitrogens is 5. The molecule has 1 aliphatic rings. The van der Waals surface area contributed by atoms with Crippen LogP contribution in [-0.2, 0) is 0 Å². The number of hydrogen-bond acceptors (Lipinski definition) is 4. The highest BCUT2D eigenvalue weighted by atomic mass is 16.1. The fourth-order valence-corrected chi connectivity index (χ4v) is 4.41. The average Bonchev–Trinajstić information content (AvgIpc) is 3.45. The molecule has 0 unspecified atom stereocenters. The van der Waals surface area contributed by atoms with Crippen molar-refractivity contribution in [1.29, 1.82) is 0 Å². The van der Waals surface area contributed by atoms with Gasteiger partial charge >= 0.3 is 0 Å². The predicted octanol–water partition coefficient (Wildman–Crippen LogP) is 4.64. The van der Waals surface area contributed by atoms with Crippen LogP contribution in [0, 0.1) is 0 Å². The standard InChI is InChI=1S/C24H13N5O/c30-22-14-8-2-1-7-13(14)20-19(22)21(23-25-15-9-3-4-10-16(15)26-23)29-18-12-6-5-11-17(18)27-24(29)28-20/h1-12H,(H,25,26). The van der Waals surface area contributed by atoms with Gasteiger partial charge in [0.15, 0.2) is 11.6 Å². The SMILES string of the molecule is O=C1c2ccccc2-c2nc3nc4ccccc4n3c(-c3nc4ccccc4[nH]3)c21. The molecule has 0 amide bonds. The number of hydrogen-bond donors (Lipinski definition) is 1. The second-order valence-corrected chi connectivity index (χ2v) is 7.40. The minimum atomic E-state index is -0.0387. The third kappa shape index (κ3) is 1.87. The summed E-state index contributed by atoms with van der Waals surface area (Å²) in [6.07, 6.45) is 0. The van der Waals surface area contributed by atoms with Gasteiger partial charge in [-0.15, -0.1) is 0 Å². The maximum atomic E-state index is 13.5. The number of carbonyl (C=O) groups excluding carboxylic acids is 1. The highest BCUT2D eigenvalue weighted by Crippen LogP contribution is 2.41. The monoisotopic (exact) mass is 387 g/mol. The van der Waals surface area contributed by atoms with E-state index in [1.807, 2.05) is 77.2 Å². The summed E-state index contributed by atoms with van der Waals surface area (Å²) in [5.74, 6) is 1.14. The maximum absolute atomic E-state index is 13.5. The summed E-state index contributed by atoms with van der Waals surface area (Å²) in [5, 5.41) is 0. The summed E-state index contributed by atoms with van der Waals surface area (Å²) < 4.78 is 1.94. The third-order valence-electron chi connectivity index (χ3n) is 5.72. The molecular formula is C24H13N5O. The van der Waals surface area contributed by atoms with Gasteiger partial charge in [-0.3, -0.25) is 9.20 Å². The molecule has 3 aromatic heterocycles. The van der Waals surface area contributed by atoms with Gasteiger partial charge in [-0.05, 0) is 24.3 Å². The normalized spacial score (nSPS) is 12.7. The lowest BCUT2D eigenvalue weighted by atomic mass is 10.1. The molecule has 0 spiro atoms. The van der Waals surface area contributed by atoms with E-state index in [4.69, 9.17) is 15.0 Å². The number of benzene rings is 3. The third-order valence-corrected chi connectivity index (χ3v) is 5.72. The molecular weight excluding hydrogens is 374 g/mol. The van der Waals surface area contributed by atoms with Gasteiger partial charge in [0, 0.05) is 11.1 Å². The number of nitrogens with one attached hydrogen (secondary N) is 1. The Morgan fingerprint density at radius 3 is 2.33 bits per heavy atom. The van der Waals surface area contributed by atoms with Crippen molar-refractivity contribution in [3.8, 4) is 22.8 Å². The summed E-state index contributed by atoms with van der Waals surface area (Å²) >= 11 is 0. The zero-order valence-electron chi connectivity index (χ0n) is 15.6. The first-order valence-electron chi connectivity index (χ1n) is 9.70. The van der Waals surface area contributed by atoms with Crippen LogP contribution in [0.2, 0.25) is 0 Å². The van der Waals surface area contributed by atoms with E-state index < -0.39 is 0 Å². The van der Waals surface area contributed by atoms with E-state index in [1.54, 1.807) is 0 Å². The maximum Gasteiger partial charge on any atom is 0.236 e. The van der Waals surface area contributed by atoms with E-state index in [2.05, 4.69) is 4.98 Å². The number of aromatic amines is 1. The Bertz CT molecular complexity index is 1640. The molecule has 0 aliphatic heterocycles. The number of H-pyrrole nitrogens is 1. The van der Waals surface area contributed by atoms with Crippen molar-refractivity contribution in [2.75, 3.05) is 0 Å². The Kier molecular flexibility index (Phi) is 2.80. The number of para-hydroxylation sites is 4. The van der Waals surface area contributed by atoms with Crippen molar-refractivity contribution >= 4 is 33.6 Å². The number of carbonyl (C=O) groups is 1. The van der Waals surface area contributed by atoms with Crippen LogP contribution in [0.4, 0.5) is 0 Å². The first kappa shape index (κ1) is 15.6. The van der Waals surface area contributed by atoms with Gasteiger partial charge in [0.1, 0.15) is 5.69 Å². The van der Waals surface area contributed by atoms with Gasteiger partial charge in [0.25, 0.3) is 0 Å². The number of rotatable bonds is 1. The molecule has 6 nitrogen and oxygen atoms in total. The van der Waals surface area contributed by atoms with Crippen LogP contribution >= 0.6 is 0 Å². The number of nitrogens with zero attached hydrogens (tertiary/aromatic N) is 4. The molecule has 0 fully saturated rings. The highest BCUT2D eigenvalue weighted by molar-refractivity contribution is 6.24. The van der Waals surface area contributed by atoms with E-state index in [0.29, 0.717) is 34.1 Å². The molecule has 0 saturated heterocycles. The Labute approximate surface area is 169 Å². The molecule has 6 aromatic rings. The summed E-state index contributed by atoms with van der Waals surface area (Å²) in [6, 6.07) is 23.3. The van der Waals surface area contributed by atoms with Gasteiger partial charge in [-0.1, -0.05) is 48.5 Å². The number of imidazole rings is 2. The second kappa shape index (κ2) is 5.39. The zero-order valence-corrected chi connectivity index (χ0v) is 15.6. The van der Waals surface area contributed by atoms with Crippen molar-refractivity contribution in [2.24, 2.45) is 0 Å². The molecule has 3 heterocycles. The fourth-order valence-electron chi connectivity index (χ4n) is 4.41. The molecule has 3 aromatic carbocycles. The topological polar surface area (TPSA) is 75.9 Å². The number of fused-ring (bicyclic) bond motifs is 7. The van der Waals surface area contributed by atoms with Gasteiger partial charge in [-0.2, -0.15) is 0 Å². The van der Waals surface area contributed by atoms with E-state index in [1.165, 1.54) is 0 Å². The molecule has 6 heteroatoms. The first-order valence-corrected chi connectivity index (χ1v) is 9.70. The zero-order chi connectivity index (χ0) is 19.8. The summed E-state index contributed by atoms with van der Waals surface area (Å²) in [4.78, 5) is 31.2. The summed E-state index contributed by atoms with van der Waals surface area (Å²) in [6.45, 7) is 0. The van der Waals surface area contributed by atoms with Crippen LogP contribution in [0.5, 0.6) is 0 Å². The lowest BCUT2D eigenvalue weighted by Gasteiger charge is -2.09. The molecule has 140 valence electrons. The van der Waals surface area contributed by atoms with Crippen LogP contribution in [0.3, 0.4) is 0 Å². The fraction of sp³-hybridized carbons (Fsp3) is 0. The van der Waals surface area contributed by atoms with Crippen molar-refractivity contribution in [3.05, 3.63) is 83.9 Å². The second-order valence-electron chi connectivity index (χ2n) is 7.40. The number of ketones is 1. The lowest BCUT2D eigenvalue weighted by molar-refractivity contribution is 0.104. The van der Waals surface area contributed by atoms with E-state index in [-0.39, 0.29) is 5.78 Å². The van der Waals surface area contributed by atoms with Crippen molar-refractivity contribution in [2.45, 2.75) is 0 Å². The van der Waals surface area contributed by atoms with Crippen molar-refractivity contribution in [3.63, 3.8) is 0 Å². The Morgan fingerprint density at radius 1 is 0.733 bits per heavy atom. The Morgan fingerprint density at radius 2 is 1.47 bits per heavy atom. The van der Waals surface area contributed by atoms with Crippen LogP contribution in [-0.4, -0.2) is 30.1 Å². The minimum absolute atomic E-state index is 0.0387. The smallest absolute Gasteiger partial charge is 0.236 e. The summed E-state index contributed by atoms with van der Waals surface area (Å²) in [7, 11) is 0. The predicted molar refractivity (Wildman–Crippen MR) is 114 cm³/mol. The molecule has 0 atom stereocenters. The van der Waals surface area contributed by atoms with Gasteiger partial charge in [-0.25, -0.2) is 15.0 Å². The highest BCUT2D eigenvalue weighted by Gasteiger charge is 2.34. The Balaban J connectivity index is 1.70. The van der Waals surface area contributed by atoms with Gasteiger partial charge in [0.05, 0.1) is 33.3 Å². The average molecular weight is 387 g/mol. The van der Waals surface area contributed by atoms with Gasteiger partial charge in [0.2, 0.25) is 5.78 Å². The summed E-state index contributed by atoms with van der Waals surface area (Å²) in [5.41, 5.74) is 6.89. The Hall–Kier alpha value is -4.32. The molecule has 30 heavy (non-hydrogen) atoms. The van der Waals surface area contributed by atoms with Crippen LogP contribution in [0.15, 0.2) is 72.8 Å². The molecule has 0 radical (unpaired) electrons. The molecule has 0 bridgehead atoms. The van der Waals surface area contributed by atoms with E-state index in [0.717, 1.165) is 27.6 Å². The van der Waals surface area contributed by atoms with Crippen LogP contribution in [0.25, 0.3) is 50.6 Å². The van der Waals surface area contributed by atoms with E-state index in [9.17, 15) is 4.79 Å². The van der Waals surface area contributed by atoms with Crippen molar-refractivity contribution in [1.82, 2.24) is 24.3 Å². The molecule has 0 saturated carbocycles. The van der Waals surface area contributed by atoms with Gasteiger partial charge < -0.3 is 4.98 Å². The van der Waals surface area contributed by atoms with E-state index >= 15 is 0 Å². The van der Waals surface area contributed by atoms with Crippen LogP contribution in [0.1, 0.15) is 15.9 Å². The molecule has 7 rings (SSSR count). The molecule has 1 aliphatic carbocycles. The minimum Gasteiger partial charge on any atom is -0.337 e. The molecule has 1 N–H and O–H groups in total.